The van der Waals surface area contributed by atoms with Crippen molar-refractivity contribution in [1.29, 1.82) is 0 Å². The van der Waals surface area contributed by atoms with Gasteiger partial charge in [-0.25, -0.2) is 0 Å². The molecule has 0 aliphatic heterocycles. The van der Waals surface area contributed by atoms with Crippen molar-refractivity contribution in [3.05, 3.63) is 59.2 Å². The van der Waals surface area contributed by atoms with E-state index in [9.17, 15) is 4.79 Å². The number of pyridine rings is 2. The predicted molar refractivity (Wildman–Crippen MR) is 126 cm³/mol. The van der Waals surface area contributed by atoms with Crippen molar-refractivity contribution in [2.24, 2.45) is 15.7 Å². The van der Waals surface area contributed by atoms with Crippen LogP contribution in [0.2, 0.25) is 0 Å². The molecule has 3 rings (SSSR count). The van der Waals surface area contributed by atoms with Crippen LogP contribution in [0.1, 0.15) is 62.7 Å². The number of esters is 1. The molecule has 0 N–H and O–H groups in total. The molecule has 2 aromatic rings. The molecule has 8 nitrogen and oxygen atoms in total. The number of carbonyl (C=O) groups excluding carboxylic acids is 1. The fourth-order valence-electron chi connectivity index (χ4n) is 3.35. The number of aryl methyl sites for hydroxylation is 2. The van der Waals surface area contributed by atoms with Crippen molar-refractivity contribution in [3.8, 4) is 0 Å². The molecule has 0 bridgehead atoms. The maximum atomic E-state index is 12.0. The number of carbonyl (C=O) groups is 1. The molecular formula is C25H32N4O4. The fraction of sp³-hybridized carbons (Fsp3) is 0.480. The first kappa shape index (κ1) is 24.4. The Morgan fingerprint density at radius 2 is 1.94 bits per heavy atom. The number of rotatable bonds is 10. The van der Waals surface area contributed by atoms with E-state index in [-0.39, 0.29) is 24.4 Å². The van der Waals surface area contributed by atoms with E-state index in [1.165, 1.54) is 5.56 Å². The second-order valence-electron chi connectivity index (χ2n) is 8.80. The maximum absolute atomic E-state index is 12.0. The zero-order chi connectivity index (χ0) is 23.7. The first-order valence-electron chi connectivity index (χ1n) is 11.3. The van der Waals surface area contributed by atoms with Crippen molar-refractivity contribution in [2.75, 3.05) is 19.8 Å². The molecule has 0 atom stereocenters. The van der Waals surface area contributed by atoms with Gasteiger partial charge in [0.15, 0.2) is 0 Å². The highest BCUT2D eigenvalue weighted by Gasteiger charge is 2.23. The zero-order valence-electron chi connectivity index (χ0n) is 19.8. The quantitative estimate of drug-likeness (QED) is 0.304. The number of hydrogen-bond donors (Lipinski definition) is 0. The van der Waals surface area contributed by atoms with Gasteiger partial charge in [0.05, 0.1) is 24.4 Å². The predicted octanol–water partition coefficient (Wildman–Crippen LogP) is 4.24. The van der Waals surface area contributed by atoms with Crippen LogP contribution in [-0.2, 0) is 25.6 Å². The van der Waals surface area contributed by atoms with E-state index in [0.717, 1.165) is 36.4 Å². The smallest absolute Gasteiger partial charge is 0.312 e. The lowest BCUT2D eigenvalue weighted by Gasteiger charge is -2.22. The van der Waals surface area contributed by atoms with Crippen LogP contribution in [0, 0.1) is 12.3 Å². The van der Waals surface area contributed by atoms with Crippen molar-refractivity contribution < 1.29 is 19.2 Å². The topological polar surface area (TPSA) is 95.3 Å². The van der Waals surface area contributed by atoms with Crippen molar-refractivity contribution >= 4 is 17.4 Å². The van der Waals surface area contributed by atoms with Gasteiger partial charge in [0.25, 0.3) is 0 Å². The Balaban J connectivity index is 1.60. The van der Waals surface area contributed by atoms with Crippen LogP contribution >= 0.6 is 0 Å². The molecule has 0 saturated carbocycles. The van der Waals surface area contributed by atoms with Crippen molar-refractivity contribution in [2.45, 2.75) is 53.4 Å². The first-order valence-corrected chi connectivity index (χ1v) is 11.3. The largest absolute Gasteiger partial charge is 0.466 e. The molecular weight excluding hydrogens is 420 g/mol. The number of ether oxygens (including phenoxy) is 1. The van der Waals surface area contributed by atoms with Crippen LogP contribution in [0.15, 0.2) is 46.8 Å². The summed E-state index contributed by atoms with van der Waals surface area (Å²) >= 11 is 0. The summed E-state index contributed by atoms with van der Waals surface area (Å²) in [5, 5.41) is 8.58. The second kappa shape index (κ2) is 11.5. The standard InChI is InChI=1S/C25H32N4O4/c1-5-31-23(30)15-22(20-10-6-7-14-26-20)29-33-17-25(3,4)16-32-28-21-11-8-9-19-13-12-18(2)27-24(19)21/h6-7,10,12-14H,5,8-9,11,15-17H2,1-4H3/b28-21+,29-22+. The number of fused-ring (bicyclic) bond motifs is 1. The number of nitrogens with zero attached hydrogens (tertiary/aromatic N) is 4. The minimum Gasteiger partial charge on any atom is -0.466 e. The summed E-state index contributed by atoms with van der Waals surface area (Å²) < 4.78 is 5.04. The molecule has 33 heavy (non-hydrogen) atoms. The molecule has 2 aromatic heterocycles. The van der Waals surface area contributed by atoms with E-state index in [0.29, 0.717) is 24.6 Å². The average Bonchev–Trinajstić information content (AvgIpc) is 2.79. The number of hydrogen-bond acceptors (Lipinski definition) is 8. The average molecular weight is 453 g/mol. The molecule has 1 aliphatic carbocycles. The van der Waals surface area contributed by atoms with Gasteiger partial charge >= 0.3 is 5.97 Å². The Morgan fingerprint density at radius 1 is 1.12 bits per heavy atom. The second-order valence-corrected chi connectivity index (χ2v) is 8.80. The normalized spacial score (nSPS) is 15.2. The summed E-state index contributed by atoms with van der Waals surface area (Å²) in [5.41, 5.74) is 4.66. The van der Waals surface area contributed by atoms with E-state index >= 15 is 0 Å². The third-order valence-electron chi connectivity index (χ3n) is 5.09. The van der Waals surface area contributed by atoms with Gasteiger partial charge in [0, 0.05) is 17.3 Å². The van der Waals surface area contributed by atoms with Crippen LogP contribution in [0.25, 0.3) is 0 Å². The van der Waals surface area contributed by atoms with E-state index in [4.69, 9.17) is 14.4 Å². The summed E-state index contributed by atoms with van der Waals surface area (Å²) in [6, 6.07) is 9.57. The van der Waals surface area contributed by atoms with Gasteiger partial charge in [-0.05, 0) is 56.9 Å². The Morgan fingerprint density at radius 3 is 2.70 bits per heavy atom. The van der Waals surface area contributed by atoms with Gasteiger partial charge < -0.3 is 14.4 Å². The van der Waals surface area contributed by atoms with Gasteiger partial charge in [-0.3, -0.25) is 14.8 Å². The van der Waals surface area contributed by atoms with E-state index < -0.39 is 0 Å². The highest BCUT2D eigenvalue weighted by Crippen LogP contribution is 2.22. The summed E-state index contributed by atoms with van der Waals surface area (Å²) in [6.07, 6.45) is 4.54. The Bertz CT molecular complexity index is 1000. The molecule has 0 unspecified atom stereocenters. The number of oxime groups is 2. The maximum Gasteiger partial charge on any atom is 0.312 e. The van der Waals surface area contributed by atoms with Crippen LogP contribution in [0.5, 0.6) is 0 Å². The Labute approximate surface area is 195 Å². The van der Waals surface area contributed by atoms with E-state index in [2.05, 4.69) is 26.3 Å². The molecule has 0 spiro atoms. The van der Waals surface area contributed by atoms with Gasteiger partial charge in [-0.2, -0.15) is 0 Å². The molecule has 0 aromatic carbocycles. The third-order valence-corrected chi connectivity index (χ3v) is 5.09. The molecule has 2 heterocycles. The molecule has 176 valence electrons. The minimum absolute atomic E-state index is 0.0126. The zero-order valence-corrected chi connectivity index (χ0v) is 19.8. The summed E-state index contributed by atoms with van der Waals surface area (Å²) in [7, 11) is 0. The SMILES string of the molecule is CCOC(=O)C/C(=N\OCC(C)(C)CO/N=C1\CCCc2ccc(C)nc21)c1ccccn1. The monoisotopic (exact) mass is 452 g/mol. The minimum atomic E-state index is -0.375. The lowest BCUT2D eigenvalue weighted by molar-refractivity contribution is -0.141. The summed E-state index contributed by atoms with van der Waals surface area (Å²) in [6.45, 7) is 8.70. The molecule has 0 saturated heterocycles. The molecule has 8 heteroatoms. The fourth-order valence-corrected chi connectivity index (χ4v) is 3.35. The van der Waals surface area contributed by atoms with Crippen LogP contribution in [-0.4, -0.2) is 47.2 Å². The van der Waals surface area contributed by atoms with Gasteiger partial charge in [-0.15, -0.1) is 0 Å². The van der Waals surface area contributed by atoms with E-state index in [1.54, 1.807) is 25.3 Å². The molecule has 0 fully saturated rings. The van der Waals surface area contributed by atoms with Crippen LogP contribution < -0.4 is 0 Å². The van der Waals surface area contributed by atoms with Crippen molar-refractivity contribution in [3.63, 3.8) is 0 Å². The Hall–Kier alpha value is -3.29. The summed E-state index contributed by atoms with van der Waals surface area (Å²) in [5.74, 6) is -0.375. The number of aromatic nitrogens is 2. The molecule has 0 amide bonds. The first-order chi connectivity index (χ1) is 15.9. The van der Waals surface area contributed by atoms with Gasteiger partial charge in [-0.1, -0.05) is 36.3 Å². The third kappa shape index (κ3) is 7.37. The highest BCUT2D eigenvalue weighted by molar-refractivity contribution is 6.07. The summed E-state index contributed by atoms with van der Waals surface area (Å²) in [4.78, 5) is 32.2. The highest BCUT2D eigenvalue weighted by atomic mass is 16.6. The molecule has 0 radical (unpaired) electrons. The van der Waals surface area contributed by atoms with Crippen LogP contribution in [0.3, 0.4) is 0 Å². The van der Waals surface area contributed by atoms with Gasteiger partial charge in [0.1, 0.15) is 24.6 Å². The lowest BCUT2D eigenvalue weighted by Crippen LogP contribution is -2.25. The van der Waals surface area contributed by atoms with E-state index in [1.807, 2.05) is 32.9 Å². The van der Waals surface area contributed by atoms with Gasteiger partial charge in [0.2, 0.25) is 0 Å². The Kier molecular flexibility index (Phi) is 8.52. The van der Waals surface area contributed by atoms with Crippen LogP contribution in [0.4, 0.5) is 0 Å². The lowest BCUT2D eigenvalue weighted by atomic mass is 9.94. The van der Waals surface area contributed by atoms with Crippen molar-refractivity contribution in [1.82, 2.24) is 9.97 Å². The molecule has 1 aliphatic rings.